The van der Waals surface area contributed by atoms with Gasteiger partial charge in [-0.2, -0.15) is 0 Å². The number of amides is 1. The van der Waals surface area contributed by atoms with Crippen molar-refractivity contribution in [1.82, 2.24) is 5.32 Å². The van der Waals surface area contributed by atoms with E-state index in [-0.39, 0.29) is 17.9 Å². The van der Waals surface area contributed by atoms with Crippen LogP contribution < -0.4 is 11.1 Å². The molecule has 5 heteroatoms. The number of hydrogen-bond donors (Lipinski definition) is 3. The molecule has 1 aliphatic rings. The molecule has 2 atom stereocenters. The number of hydrogen-bond acceptors (Lipinski definition) is 3. The Bertz CT molecular complexity index is 230. The van der Waals surface area contributed by atoms with Gasteiger partial charge < -0.3 is 16.2 Å². The van der Waals surface area contributed by atoms with Crippen LogP contribution in [0.25, 0.3) is 0 Å². The summed E-state index contributed by atoms with van der Waals surface area (Å²) in [7, 11) is 0. The van der Waals surface area contributed by atoms with Crippen molar-refractivity contribution in [3.05, 3.63) is 0 Å². The molecule has 1 fully saturated rings. The van der Waals surface area contributed by atoms with Gasteiger partial charge in [0.25, 0.3) is 0 Å². The Hall–Kier alpha value is -1.10. The van der Waals surface area contributed by atoms with Crippen LogP contribution in [-0.4, -0.2) is 29.6 Å². The summed E-state index contributed by atoms with van der Waals surface area (Å²) in [5.74, 6) is -1.14. The van der Waals surface area contributed by atoms with Crippen molar-refractivity contribution in [3.63, 3.8) is 0 Å². The van der Waals surface area contributed by atoms with E-state index in [4.69, 9.17) is 10.8 Å². The molecular formula is C9H16N2O3. The maximum Gasteiger partial charge on any atom is 0.306 e. The lowest BCUT2D eigenvalue weighted by molar-refractivity contribution is -0.141. The Morgan fingerprint density at radius 3 is 2.64 bits per heavy atom. The van der Waals surface area contributed by atoms with Gasteiger partial charge in [0.15, 0.2) is 0 Å². The van der Waals surface area contributed by atoms with Gasteiger partial charge in [0.05, 0.1) is 5.92 Å². The van der Waals surface area contributed by atoms with E-state index in [2.05, 4.69) is 5.32 Å². The van der Waals surface area contributed by atoms with Crippen LogP contribution in [0.3, 0.4) is 0 Å². The smallest absolute Gasteiger partial charge is 0.306 e. The van der Waals surface area contributed by atoms with Gasteiger partial charge in [0, 0.05) is 19.0 Å². The van der Waals surface area contributed by atoms with Crippen molar-refractivity contribution in [2.45, 2.75) is 31.7 Å². The number of nitrogens with two attached hydrogens (primary N) is 1. The van der Waals surface area contributed by atoms with Gasteiger partial charge in [0.1, 0.15) is 0 Å². The highest BCUT2D eigenvalue weighted by molar-refractivity contribution is 5.76. The summed E-state index contributed by atoms with van der Waals surface area (Å²) in [5.41, 5.74) is 5.22. The summed E-state index contributed by atoms with van der Waals surface area (Å²) in [6.45, 7) is 0.334. The molecule has 5 nitrogen and oxygen atoms in total. The molecule has 0 aromatic rings. The number of carboxylic acids is 1. The van der Waals surface area contributed by atoms with Crippen LogP contribution in [0.4, 0.5) is 0 Å². The van der Waals surface area contributed by atoms with Gasteiger partial charge in [0.2, 0.25) is 5.91 Å². The molecule has 1 rings (SSSR count). The fraction of sp³-hybridized carbons (Fsp3) is 0.778. The highest BCUT2D eigenvalue weighted by atomic mass is 16.4. The van der Waals surface area contributed by atoms with Crippen LogP contribution in [-0.2, 0) is 9.59 Å². The molecule has 0 radical (unpaired) electrons. The first-order valence-electron chi connectivity index (χ1n) is 4.85. The number of nitrogens with one attached hydrogen (secondary N) is 1. The second-order valence-electron chi connectivity index (χ2n) is 3.65. The zero-order valence-corrected chi connectivity index (χ0v) is 8.03. The Morgan fingerprint density at radius 1 is 1.43 bits per heavy atom. The van der Waals surface area contributed by atoms with Crippen molar-refractivity contribution in [1.29, 1.82) is 0 Å². The van der Waals surface area contributed by atoms with Gasteiger partial charge in [-0.15, -0.1) is 0 Å². The lowest BCUT2D eigenvalue weighted by atomic mass is 10.1. The second kappa shape index (κ2) is 4.95. The first kappa shape index (κ1) is 11.0. The topological polar surface area (TPSA) is 92.4 Å². The number of carboxylic acid groups (broad SMARTS) is 1. The standard InChI is InChI=1S/C9H16N2O3/c10-4-3-8(12)11-7-2-1-6(5-7)9(13)14/h6-7H,1-5,10H2,(H,11,12)(H,13,14)/t6-,7+/m1/s1. The van der Waals surface area contributed by atoms with E-state index in [1.54, 1.807) is 0 Å². The third-order valence-corrected chi connectivity index (χ3v) is 2.52. The lowest BCUT2D eigenvalue weighted by Gasteiger charge is -2.11. The van der Waals surface area contributed by atoms with E-state index in [1.807, 2.05) is 0 Å². The molecule has 1 aliphatic carbocycles. The van der Waals surface area contributed by atoms with Crippen molar-refractivity contribution in [2.75, 3.05) is 6.54 Å². The molecule has 4 N–H and O–H groups in total. The number of rotatable bonds is 4. The number of aliphatic carboxylic acids is 1. The summed E-state index contributed by atoms with van der Waals surface area (Å²) in [6.07, 6.45) is 2.27. The minimum atomic E-state index is -0.763. The monoisotopic (exact) mass is 200 g/mol. The van der Waals surface area contributed by atoms with Crippen molar-refractivity contribution >= 4 is 11.9 Å². The molecule has 0 aliphatic heterocycles. The Labute approximate surface area is 82.7 Å². The predicted octanol–water partition coefficient (Wildman–Crippen LogP) is -0.295. The summed E-state index contributed by atoms with van der Waals surface area (Å²) >= 11 is 0. The van der Waals surface area contributed by atoms with Crippen LogP contribution in [0, 0.1) is 5.92 Å². The van der Waals surface area contributed by atoms with Crippen molar-refractivity contribution < 1.29 is 14.7 Å². The van der Waals surface area contributed by atoms with Crippen molar-refractivity contribution in [2.24, 2.45) is 11.7 Å². The SMILES string of the molecule is NCCC(=O)N[C@H]1CC[C@@H](C(=O)O)C1. The first-order chi connectivity index (χ1) is 6.63. The van der Waals surface area contributed by atoms with E-state index in [0.29, 0.717) is 25.8 Å². The quantitative estimate of drug-likeness (QED) is 0.581. The summed E-state index contributed by atoms with van der Waals surface area (Å²) in [6, 6.07) is 0.0233. The molecule has 1 amide bonds. The first-order valence-corrected chi connectivity index (χ1v) is 4.85. The van der Waals surface area contributed by atoms with Crippen LogP contribution in [0.2, 0.25) is 0 Å². The molecule has 0 unspecified atom stereocenters. The van der Waals surface area contributed by atoms with Crippen LogP contribution in [0.1, 0.15) is 25.7 Å². The van der Waals surface area contributed by atoms with Crippen molar-refractivity contribution in [3.8, 4) is 0 Å². The van der Waals surface area contributed by atoms with Gasteiger partial charge in [-0.25, -0.2) is 0 Å². The van der Waals surface area contributed by atoms with Gasteiger partial charge in [-0.1, -0.05) is 0 Å². The van der Waals surface area contributed by atoms with E-state index in [9.17, 15) is 9.59 Å². The molecule has 80 valence electrons. The van der Waals surface area contributed by atoms with Gasteiger partial charge in [-0.05, 0) is 19.3 Å². The normalized spacial score (nSPS) is 26.1. The highest BCUT2D eigenvalue weighted by Gasteiger charge is 2.30. The molecule has 0 aromatic heterocycles. The summed E-state index contributed by atoms with van der Waals surface area (Å²) in [4.78, 5) is 21.8. The highest BCUT2D eigenvalue weighted by Crippen LogP contribution is 2.25. The Balaban J connectivity index is 2.28. The lowest BCUT2D eigenvalue weighted by Crippen LogP contribution is -2.34. The van der Waals surface area contributed by atoms with Crippen LogP contribution >= 0.6 is 0 Å². The van der Waals surface area contributed by atoms with E-state index >= 15 is 0 Å². The van der Waals surface area contributed by atoms with E-state index in [0.717, 1.165) is 6.42 Å². The van der Waals surface area contributed by atoms with E-state index in [1.165, 1.54) is 0 Å². The minimum Gasteiger partial charge on any atom is -0.481 e. The average molecular weight is 200 g/mol. The fourth-order valence-corrected chi connectivity index (χ4v) is 1.77. The van der Waals surface area contributed by atoms with Crippen LogP contribution in [0.15, 0.2) is 0 Å². The summed E-state index contributed by atoms with van der Waals surface area (Å²) in [5, 5.41) is 11.5. The maximum atomic E-state index is 11.1. The predicted molar refractivity (Wildman–Crippen MR) is 50.6 cm³/mol. The molecule has 0 bridgehead atoms. The number of carbonyl (C=O) groups is 2. The van der Waals surface area contributed by atoms with Gasteiger partial charge in [-0.3, -0.25) is 9.59 Å². The van der Waals surface area contributed by atoms with Gasteiger partial charge >= 0.3 is 5.97 Å². The molecule has 14 heavy (non-hydrogen) atoms. The molecule has 0 spiro atoms. The molecule has 0 aromatic carbocycles. The zero-order valence-electron chi connectivity index (χ0n) is 8.03. The summed E-state index contributed by atoms with van der Waals surface area (Å²) < 4.78 is 0. The average Bonchev–Trinajstić information content (AvgIpc) is 2.53. The van der Waals surface area contributed by atoms with E-state index < -0.39 is 5.97 Å². The molecule has 1 saturated carbocycles. The van der Waals surface area contributed by atoms with Crippen LogP contribution in [0.5, 0.6) is 0 Å². The third kappa shape index (κ3) is 2.99. The number of carbonyl (C=O) groups excluding carboxylic acids is 1. The largest absolute Gasteiger partial charge is 0.481 e. The molecule has 0 saturated heterocycles. The Morgan fingerprint density at radius 2 is 2.14 bits per heavy atom. The molecule has 0 heterocycles. The zero-order chi connectivity index (χ0) is 10.6. The fourth-order valence-electron chi connectivity index (χ4n) is 1.77. The third-order valence-electron chi connectivity index (χ3n) is 2.52. The minimum absolute atomic E-state index is 0.0233. The Kier molecular flexibility index (Phi) is 3.88. The molecular weight excluding hydrogens is 184 g/mol. The second-order valence-corrected chi connectivity index (χ2v) is 3.65. The maximum absolute atomic E-state index is 11.1.